The van der Waals surface area contributed by atoms with Gasteiger partial charge >= 0.3 is 0 Å². The lowest BCUT2D eigenvalue weighted by molar-refractivity contribution is -0.132. The van der Waals surface area contributed by atoms with Gasteiger partial charge in [0.05, 0.1) is 11.3 Å². The van der Waals surface area contributed by atoms with Gasteiger partial charge in [-0.3, -0.25) is 14.3 Å². The predicted molar refractivity (Wildman–Crippen MR) is 122 cm³/mol. The fourth-order valence-corrected chi connectivity index (χ4v) is 4.20. The molecule has 3 heterocycles. The Morgan fingerprint density at radius 2 is 2.12 bits per heavy atom. The number of aromatic nitrogens is 2. The molecule has 4 rings (SSSR count). The number of amidine groups is 1. The minimum atomic E-state index is -0.0707. The van der Waals surface area contributed by atoms with Crippen LogP contribution in [0, 0.1) is 26.7 Å². The number of aryl methyl sites for hydroxylation is 3. The monoisotopic (exact) mass is 434 g/mol. The number of hydrogen-bond acceptors (Lipinski definition) is 5. The Morgan fingerprint density at radius 3 is 2.81 bits per heavy atom. The summed E-state index contributed by atoms with van der Waals surface area (Å²) in [7, 11) is 0. The number of nitrogens with one attached hydrogen (secondary N) is 1. The number of carbonyl (C=O) groups excluding carboxylic acids is 2. The first-order chi connectivity index (χ1) is 15.3. The molecule has 0 atom stereocenters. The molecule has 166 valence electrons. The summed E-state index contributed by atoms with van der Waals surface area (Å²) in [5.74, 6) is 0.967. The number of hydrazone groups is 1. The molecular formula is C23H26N6O3. The lowest BCUT2D eigenvalue weighted by atomic mass is 9.99. The number of likely N-dealkylation sites (tertiary alicyclic amines) is 1. The van der Waals surface area contributed by atoms with Gasteiger partial charge in [0.1, 0.15) is 11.3 Å². The number of nitrogens with zero attached hydrogens (tertiary/aromatic N) is 4. The number of fused-ring (bicyclic) bond motifs is 1. The van der Waals surface area contributed by atoms with Crippen molar-refractivity contribution in [3.8, 4) is 11.5 Å². The molecule has 3 aromatic rings. The number of rotatable bonds is 7. The van der Waals surface area contributed by atoms with Gasteiger partial charge in [-0.2, -0.15) is 10.2 Å². The van der Waals surface area contributed by atoms with Crippen LogP contribution < -0.4 is 11.2 Å². The summed E-state index contributed by atoms with van der Waals surface area (Å²) in [4.78, 5) is 24.3. The topological polar surface area (TPSA) is 119 Å². The Balaban J connectivity index is 1.80. The summed E-state index contributed by atoms with van der Waals surface area (Å²) in [5, 5.41) is 9.68. The number of furan rings is 1. The van der Waals surface area contributed by atoms with Crippen molar-refractivity contribution in [2.24, 2.45) is 16.8 Å². The highest BCUT2D eigenvalue weighted by molar-refractivity contribution is 6.04. The molecule has 9 nitrogen and oxygen atoms in total. The van der Waals surface area contributed by atoms with Crippen LogP contribution in [0.1, 0.15) is 22.4 Å². The maximum Gasteiger partial charge on any atom is 0.245 e. The molecule has 0 aliphatic carbocycles. The zero-order valence-corrected chi connectivity index (χ0v) is 18.4. The molecule has 1 aliphatic rings. The van der Waals surface area contributed by atoms with E-state index >= 15 is 0 Å². The van der Waals surface area contributed by atoms with Crippen molar-refractivity contribution < 1.29 is 14.0 Å². The lowest BCUT2D eigenvalue weighted by Gasteiger charge is -2.38. The van der Waals surface area contributed by atoms with E-state index in [1.807, 2.05) is 37.6 Å². The molecule has 1 saturated heterocycles. The second kappa shape index (κ2) is 8.33. The molecule has 2 aromatic heterocycles. The molecule has 9 heteroatoms. The second-order valence-electron chi connectivity index (χ2n) is 8.10. The van der Waals surface area contributed by atoms with E-state index < -0.39 is 0 Å². The maximum atomic E-state index is 11.8. The first kappa shape index (κ1) is 21.4. The Bertz CT molecular complexity index is 1250. The van der Waals surface area contributed by atoms with E-state index in [1.54, 1.807) is 4.90 Å². The molecule has 1 fully saturated rings. The van der Waals surface area contributed by atoms with Crippen molar-refractivity contribution in [1.82, 2.24) is 20.1 Å². The third-order valence-electron chi connectivity index (χ3n) is 5.80. The van der Waals surface area contributed by atoms with Crippen LogP contribution in [-0.4, -0.2) is 45.9 Å². The summed E-state index contributed by atoms with van der Waals surface area (Å²) < 4.78 is 8.13. The standard InChI is InChI=1S/C23H26N6O3/c1-5-19(31)28-9-16(10-28)11-29-21(20(15(4)27-29)23(24)26-25-12-30)22-14(3)17-8-13(2)6-7-18(17)32-22/h5-8,12,16H,1,9-11H2,2-4H3,(H2,24,26)(H,25,30). The van der Waals surface area contributed by atoms with Gasteiger partial charge in [0.15, 0.2) is 11.6 Å². The highest BCUT2D eigenvalue weighted by Crippen LogP contribution is 2.37. The van der Waals surface area contributed by atoms with Gasteiger partial charge < -0.3 is 15.1 Å². The van der Waals surface area contributed by atoms with Crippen molar-refractivity contribution in [1.29, 1.82) is 0 Å². The summed E-state index contributed by atoms with van der Waals surface area (Å²) in [6.07, 6.45) is 1.79. The molecular weight excluding hydrogens is 408 g/mol. The SMILES string of the molecule is C=CC(=O)N1CC(Cn2nc(C)c(/C(N)=N\NC=O)c2-c2oc3ccc(C)cc3c2C)C1. The summed E-state index contributed by atoms with van der Waals surface area (Å²) >= 11 is 0. The molecule has 0 radical (unpaired) electrons. The average molecular weight is 435 g/mol. The average Bonchev–Trinajstić information content (AvgIpc) is 3.24. The largest absolute Gasteiger partial charge is 0.454 e. The fraction of sp³-hybridized carbons (Fsp3) is 0.304. The van der Waals surface area contributed by atoms with Gasteiger partial charge in [-0.15, -0.1) is 0 Å². The molecule has 0 bridgehead atoms. The van der Waals surface area contributed by atoms with E-state index in [0.29, 0.717) is 48.8 Å². The highest BCUT2D eigenvalue weighted by atomic mass is 16.3. The van der Waals surface area contributed by atoms with Crippen LogP contribution in [0.25, 0.3) is 22.4 Å². The molecule has 0 saturated carbocycles. The first-order valence-electron chi connectivity index (χ1n) is 10.4. The van der Waals surface area contributed by atoms with Crippen LogP contribution in [0.15, 0.2) is 40.4 Å². The summed E-state index contributed by atoms with van der Waals surface area (Å²) in [6, 6.07) is 6.04. The summed E-state index contributed by atoms with van der Waals surface area (Å²) in [6.45, 7) is 11.3. The Kier molecular flexibility index (Phi) is 5.56. The highest BCUT2D eigenvalue weighted by Gasteiger charge is 2.32. The minimum Gasteiger partial charge on any atom is -0.454 e. The van der Waals surface area contributed by atoms with E-state index in [1.165, 1.54) is 6.08 Å². The van der Waals surface area contributed by atoms with Gasteiger partial charge in [-0.05, 0) is 39.0 Å². The molecule has 1 aromatic carbocycles. The van der Waals surface area contributed by atoms with Crippen molar-refractivity contribution in [2.45, 2.75) is 27.3 Å². The van der Waals surface area contributed by atoms with E-state index in [0.717, 1.165) is 22.1 Å². The Morgan fingerprint density at radius 1 is 1.38 bits per heavy atom. The van der Waals surface area contributed by atoms with Crippen LogP contribution in [-0.2, 0) is 16.1 Å². The van der Waals surface area contributed by atoms with Crippen LogP contribution >= 0.6 is 0 Å². The maximum absolute atomic E-state index is 11.8. The number of nitrogens with two attached hydrogens (primary N) is 1. The molecule has 1 aliphatic heterocycles. The molecule has 0 unspecified atom stereocenters. The van der Waals surface area contributed by atoms with E-state index in [2.05, 4.69) is 23.2 Å². The lowest BCUT2D eigenvalue weighted by Crippen LogP contribution is -2.50. The second-order valence-corrected chi connectivity index (χ2v) is 8.10. The van der Waals surface area contributed by atoms with Gasteiger partial charge in [-0.25, -0.2) is 5.43 Å². The van der Waals surface area contributed by atoms with Crippen LogP contribution in [0.5, 0.6) is 0 Å². The van der Waals surface area contributed by atoms with Gasteiger partial charge in [-0.1, -0.05) is 18.2 Å². The number of benzene rings is 1. The molecule has 0 spiro atoms. The number of hydrogen-bond donors (Lipinski definition) is 2. The van der Waals surface area contributed by atoms with E-state index in [9.17, 15) is 9.59 Å². The van der Waals surface area contributed by atoms with Crippen molar-refractivity contribution in [3.05, 3.63) is 53.2 Å². The van der Waals surface area contributed by atoms with E-state index in [-0.39, 0.29) is 17.7 Å². The quantitative estimate of drug-likeness (QED) is 0.194. The van der Waals surface area contributed by atoms with E-state index in [4.69, 9.17) is 15.2 Å². The number of carbonyl (C=O) groups is 2. The van der Waals surface area contributed by atoms with Gasteiger partial charge in [0.25, 0.3) is 0 Å². The van der Waals surface area contributed by atoms with Crippen molar-refractivity contribution >= 4 is 29.1 Å². The Hall–Kier alpha value is -3.88. The van der Waals surface area contributed by atoms with Gasteiger partial charge in [0.2, 0.25) is 12.3 Å². The predicted octanol–water partition coefficient (Wildman–Crippen LogP) is 2.23. The zero-order chi connectivity index (χ0) is 23.0. The van der Waals surface area contributed by atoms with Crippen LogP contribution in [0.4, 0.5) is 0 Å². The van der Waals surface area contributed by atoms with Crippen molar-refractivity contribution in [3.63, 3.8) is 0 Å². The van der Waals surface area contributed by atoms with Crippen molar-refractivity contribution in [2.75, 3.05) is 13.1 Å². The normalized spacial score (nSPS) is 14.5. The first-order valence-corrected chi connectivity index (χ1v) is 10.4. The minimum absolute atomic E-state index is 0.0707. The Labute approximate surface area is 185 Å². The van der Waals surface area contributed by atoms with Gasteiger partial charge in [0, 0.05) is 36.5 Å². The molecule has 2 amide bonds. The molecule has 3 N–H and O–H groups in total. The summed E-state index contributed by atoms with van der Waals surface area (Å²) in [5.41, 5.74) is 13.3. The smallest absolute Gasteiger partial charge is 0.245 e. The van der Waals surface area contributed by atoms with Crippen LogP contribution in [0.3, 0.4) is 0 Å². The van der Waals surface area contributed by atoms with Crippen LogP contribution in [0.2, 0.25) is 0 Å². The fourth-order valence-electron chi connectivity index (χ4n) is 4.20. The third-order valence-corrected chi connectivity index (χ3v) is 5.80. The molecule has 32 heavy (non-hydrogen) atoms. The third kappa shape index (κ3) is 3.66. The number of amides is 2. The zero-order valence-electron chi connectivity index (χ0n) is 18.4.